The summed E-state index contributed by atoms with van der Waals surface area (Å²) >= 11 is 6.01. The minimum atomic E-state index is -0.825. The maximum atomic E-state index is 10.1. The van der Waals surface area contributed by atoms with Gasteiger partial charge >= 0.3 is 0 Å². The molecule has 0 saturated carbocycles. The lowest BCUT2D eigenvalue weighted by Crippen LogP contribution is -2.03. The van der Waals surface area contributed by atoms with Crippen molar-refractivity contribution in [1.82, 2.24) is 4.98 Å². The number of aromatic nitrogens is 1. The van der Waals surface area contributed by atoms with Crippen molar-refractivity contribution in [2.45, 2.75) is 6.10 Å². The van der Waals surface area contributed by atoms with Crippen LogP contribution in [0, 0.1) is 0 Å². The van der Waals surface area contributed by atoms with Crippen LogP contribution < -0.4 is 5.73 Å². The number of halogens is 1. The van der Waals surface area contributed by atoms with Crippen LogP contribution in [0.2, 0.25) is 5.02 Å². The Morgan fingerprint density at radius 1 is 1.25 bits per heavy atom. The van der Waals surface area contributed by atoms with Gasteiger partial charge in [-0.1, -0.05) is 23.7 Å². The average molecular weight is 235 g/mol. The molecule has 16 heavy (non-hydrogen) atoms. The Labute approximate surface area is 98.5 Å². The van der Waals surface area contributed by atoms with Crippen LogP contribution in [0.1, 0.15) is 17.4 Å². The molecule has 3 N–H and O–H groups in total. The topological polar surface area (TPSA) is 59.1 Å². The van der Waals surface area contributed by atoms with Crippen molar-refractivity contribution in [3.63, 3.8) is 0 Å². The Morgan fingerprint density at radius 2 is 2.06 bits per heavy atom. The molecule has 0 aliphatic heterocycles. The molecule has 0 saturated heterocycles. The van der Waals surface area contributed by atoms with Crippen molar-refractivity contribution in [3.8, 4) is 0 Å². The molecular weight excluding hydrogens is 224 g/mol. The zero-order chi connectivity index (χ0) is 11.5. The van der Waals surface area contributed by atoms with Gasteiger partial charge in [0, 0.05) is 22.5 Å². The van der Waals surface area contributed by atoms with Gasteiger partial charge < -0.3 is 10.8 Å². The van der Waals surface area contributed by atoms with Gasteiger partial charge in [-0.25, -0.2) is 0 Å². The summed E-state index contributed by atoms with van der Waals surface area (Å²) in [5, 5.41) is 10.5. The number of nitrogens with zero attached hydrogens (tertiary/aromatic N) is 1. The summed E-state index contributed by atoms with van der Waals surface area (Å²) in [5.41, 5.74) is 7.33. The summed E-state index contributed by atoms with van der Waals surface area (Å²) in [5.74, 6) is 0. The zero-order valence-electron chi connectivity index (χ0n) is 8.47. The Hall–Kier alpha value is -1.58. The monoisotopic (exact) mass is 234 g/mol. The lowest BCUT2D eigenvalue weighted by Gasteiger charge is -2.12. The maximum Gasteiger partial charge on any atom is 0.122 e. The van der Waals surface area contributed by atoms with Crippen molar-refractivity contribution in [2.75, 3.05) is 5.73 Å². The molecule has 2 rings (SSSR count). The van der Waals surface area contributed by atoms with Crippen LogP contribution in [0.25, 0.3) is 0 Å². The van der Waals surface area contributed by atoms with Crippen molar-refractivity contribution >= 4 is 17.3 Å². The molecule has 0 fully saturated rings. The van der Waals surface area contributed by atoms with Crippen molar-refractivity contribution in [3.05, 3.63) is 58.9 Å². The van der Waals surface area contributed by atoms with Gasteiger partial charge in [0.1, 0.15) is 6.10 Å². The number of benzene rings is 1. The first-order valence-electron chi connectivity index (χ1n) is 4.82. The molecular formula is C12H11ClN2O. The largest absolute Gasteiger partial charge is 0.399 e. The third-order valence-corrected chi connectivity index (χ3v) is 2.61. The fourth-order valence-electron chi connectivity index (χ4n) is 1.46. The Bertz CT molecular complexity index is 488. The molecule has 1 atom stereocenters. The van der Waals surface area contributed by atoms with Crippen molar-refractivity contribution in [1.29, 1.82) is 0 Å². The van der Waals surface area contributed by atoms with E-state index in [1.165, 1.54) is 0 Å². The van der Waals surface area contributed by atoms with Crippen LogP contribution >= 0.6 is 11.6 Å². The smallest absolute Gasteiger partial charge is 0.122 e. The second-order valence-corrected chi connectivity index (χ2v) is 3.85. The molecule has 1 aromatic carbocycles. The normalized spacial score (nSPS) is 12.4. The van der Waals surface area contributed by atoms with Crippen LogP contribution in [0.15, 0.2) is 42.6 Å². The first-order chi connectivity index (χ1) is 7.68. The SMILES string of the molecule is Nc1ccc(C(O)c2ccccn2)c(Cl)c1. The Kier molecular flexibility index (Phi) is 3.08. The molecule has 3 nitrogen and oxygen atoms in total. The van der Waals surface area contributed by atoms with Gasteiger partial charge in [-0.2, -0.15) is 0 Å². The molecule has 1 aromatic heterocycles. The highest BCUT2D eigenvalue weighted by Crippen LogP contribution is 2.28. The molecule has 0 aliphatic carbocycles. The standard InChI is InChI=1S/C12H11ClN2O/c13-10-7-8(14)4-5-9(10)12(16)11-3-1-2-6-15-11/h1-7,12,16H,14H2. The summed E-state index contributed by atoms with van der Waals surface area (Å²) in [6.45, 7) is 0. The fourth-order valence-corrected chi connectivity index (χ4v) is 1.75. The van der Waals surface area contributed by atoms with Gasteiger partial charge in [-0.3, -0.25) is 4.98 Å². The minimum Gasteiger partial charge on any atom is -0.399 e. The van der Waals surface area contributed by atoms with Gasteiger partial charge in [0.05, 0.1) is 5.69 Å². The summed E-state index contributed by atoms with van der Waals surface area (Å²) in [6.07, 6.45) is 0.804. The molecule has 1 unspecified atom stereocenters. The number of pyridine rings is 1. The summed E-state index contributed by atoms with van der Waals surface area (Å²) in [6, 6.07) is 10.4. The average Bonchev–Trinajstić information content (AvgIpc) is 2.29. The van der Waals surface area contributed by atoms with Crippen LogP contribution in [-0.4, -0.2) is 10.1 Å². The summed E-state index contributed by atoms with van der Waals surface area (Å²) < 4.78 is 0. The van der Waals surface area contributed by atoms with Crippen molar-refractivity contribution in [2.24, 2.45) is 0 Å². The minimum absolute atomic E-state index is 0.443. The van der Waals surface area contributed by atoms with Crippen LogP contribution in [-0.2, 0) is 0 Å². The number of nitrogens with two attached hydrogens (primary N) is 1. The number of hydrogen-bond acceptors (Lipinski definition) is 3. The molecule has 0 radical (unpaired) electrons. The number of aliphatic hydroxyl groups excluding tert-OH is 1. The van der Waals surface area contributed by atoms with Gasteiger partial charge in [-0.05, 0) is 24.3 Å². The maximum absolute atomic E-state index is 10.1. The first-order valence-corrected chi connectivity index (χ1v) is 5.20. The second-order valence-electron chi connectivity index (χ2n) is 3.44. The number of nitrogen functional groups attached to an aromatic ring is 1. The molecule has 4 heteroatoms. The number of hydrogen-bond donors (Lipinski definition) is 2. The third kappa shape index (κ3) is 2.15. The van der Waals surface area contributed by atoms with E-state index in [1.54, 1.807) is 36.5 Å². The van der Waals surface area contributed by atoms with E-state index < -0.39 is 6.10 Å². The first kappa shape index (κ1) is 10.9. The van der Waals surface area contributed by atoms with Gasteiger partial charge in [0.15, 0.2) is 0 Å². The third-order valence-electron chi connectivity index (χ3n) is 2.29. The second kappa shape index (κ2) is 4.51. The van der Waals surface area contributed by atoms with E-state index in [9.17, 15) is 5.11 Å². The predicted octanol–water partition coefficient (Wildman–Crippen LogP) is 2.40. The number of anilines is 1. The van der Waals surface area contributed by atoms with E-state index in [1.807, 2.05) is 6.07 Å². The molecule has 0 aliphatic rings. The van der Waals surface area contributed by atoms with Crippen LogP contribution in [0.4, 0.5) is 5.69 Å². The summed E-state index contributed by atoms with van der Waals surface area (Å²) in [7, 11) is 0. The molecule has 0 spiro atoms. The fraction of sp³-hybridized carbons (Fsp3) is 0.0833. The lowest BCUT2D eigenvalue weighted by atomic mass is 10.1. The van der Waals surface area contributed by atoms with Crippen LogP contribution in [0.3, 0.4) is 0 Å². The van der Waals surface area contributed by atoms with Crippen LogP contribution in [0.5, 0.6) is 0 Å². The van der Waals surface area contributed by atoms with E-state index >= 15 is 0 Å². The molecule has 82 valence electrons. The van der Waals surface area contributed by atoms with Crippen molar-refractivity contribution < 1.29 is 5.11 Å². The van der Waals surface area contributed by atoms with E-state index in [-0.39, 0.29) is 0 Å². The highest BCUT2D eigenvalue weighted by molar-refractivity contribution is 6.31. The zero-order valence-corrected chi connectivity index (χ0v) is 9.22. The predicted molar refractivity (Wildman–Crippen MR) is 64.2 cm³/mol. The number of aliphatic hydroxyl groups is 1. The Balaban J connectivity index is 2.38. The molecule has 1 heterocycles. The summed E-state index contributed by atoms with van der Waals surface area (Å²) in [4.78, 5) is 4.08. The molecule has 2 aromatic rings. The highest BCUT2D eigenvalue weighted by Gasteiger charge is 2.14. The highest BCUT2D eigenvalue weighted by atomic mass is 35.5. The van der Waals surface area contributed by atoms with E-state index in [4.69, 9.17) is 17.3 Å². The number of rotatable bonds is 2. The van der Waals surface area contributed by atoms with E-state index in [2.05, 4.69) is 4.98 Å². The molecule has 0 bridgehead atoms. The van der Waals surface area contributed by atoms with Gasteiger partial charge in [0.2, 0.25) is 0 Å². The quantitative estimate of drug-likeness (QED) is 0.785. The van der Waals surface area contributed by atoms with E-state index in [0.717, 1.165) is 0 Å². The van der Waals surface area contributed by atoms with Gasteiger partial charge in [0.25, 0.3) is 0 Å². The van der Waals surface area contributed by atoms with E-state index in [0.29, 0.717) is 22.0 Å². The molecule has 0 amide bonds. The van der Waals surface area contributed by atoms with Gasteiger partial charge in [-0.15, -0.1) is 0 Å². The lowest BCUT2D eigenvalue weighted by molar-refractivity contribution is 0.215. The Morgan fingerprint density at radius 3 is 2.69 bits per heavy atom.